The Morgan fingerprint density at radius 1 is 1.12 bits per heavy atom. The van der Waals surface area contributed by atoms with Gasteiger partial charge in [-0.15, -0.1) is 24.0 Å². The number of benzene rings is 1. The number of nitrogens with zero attached hydrogens (tertiary/aromatic N) is 2. The average molecular weight is 576 g/mol. The third-order valence-electron chi connectivity index (χ3n) is 5.26. The van der Waals surface area contributed by atoms with E-state index in [0.29, 0.717) is 19.0 Å². The van der Waals surface area contributed by atoms with Crippen LogP contribution in [0.5, 0.6) is 0 Å². The lowest BCUT2D eigenvalue weighted by molar-refractivity contribution is 0.221. The molecule has 3 N–H and O–H groups in total. The molecule has 2 heterocycles. The van der Waals surface area contributed by atoms with Gasteiger partial charge in [0.05, 0.1) is 23.7 Å². The summed E-state index contributed by atoms with van der Waals surface area (Å²) in [5, 5.41) is 6.43. The average Bonchev–Trinajstić information content (AvgIpc) is 3.46. The molecule has 0 saturated carbocycles. The maximum Gasteiger partial charge on any atom is 0.240 e. The van der Waals surface area contributed by atoms with Gasteiger partial charge in [-0.1, -0.05) is 17.7 Å². The molecule has 1 fully saturated rings. The van der Waals surface area contributed by atoms with Crippen molar-refractivity contribution in [2.45, 2.75) is 37.6 Å². The molecule has 0 aliphatic carbocycles. The molecule has 1 atom stereocenters. The summed E-state index contributed by atoms with van der Waals surface area (Å²) in [6.45, 7) is 7.99. The van der Waals surface area contributed by atoms with Crippen LogP contribution in [0.3, 0.4) is 0 Å². The molecule has 0 bridgehead atoms. The van der Waals surface area contributed by atoms with Crippen molar-refractivity contribution in [1.29, 1.82) is 0 Å². The number of nitrogens with one attached hydrogen (secondary N) is 3. The van der Waals surface area contributed by atoms with E-state index in [2.05, 4.69) is 20.3 Å². The smallest absolute Gasteiger partial charge is 0.240 e. The minimum Gasteiger partial charge on any atom is -0.468 e. The van der Waals surface area contributed by atoms with E-state index in [1.807, 2.05) is 26.0 Å². The summed E-state index contributed by atoms with van der Waals surface area (Å²) in [5.41, 5.74) is 1.02. The molecular formula is C22H34IN5O3S. The molecule has 0 amide bonds. The minimum absolute atomic E-state index is 0. The van der Waals surface area contributed by atoms with E-state index in [1.54, 1.807) is 30.5 Å². The number of furan rings is 1. The summed E-state index contributed by atoms with van der Waals surface area (Å²) in [5.74, 6) is 1.58. The van der Waals surface area contributed by atoms with Crippen molar-refractivity contribution in [3.63, 3.8) is 0 Å². The zero-order chi connectivity index (χ0) is 22.1. The molecule has 2 aromatic rings. The fourth-order valence-corrected chi connectivity index (χ4v) is 4.64. The molecular weight excluding hydrogens is 541 g/mol. The highest BCUT2D eigenvalue weighted by molar-refractivity contribution is 14.0. The van der Waals surface area contributed by atoms with E-state index < -0.39 is 10.0 Å². The van der Waals surface area contributed by atoms with E-state index in [0.717, 1.165) is 31.0 Å². The molecule has 0 spiro atoms. The van der Waals surface area contributed by atoms with Crippen LogP contribution < -0.4 is 15.4 Å². The van der Waals surface area contributed by atoms with Gasteiger partial charge in [0.1, 0.15) is 5.76 Å². The lowest BCUT2D eigenvalue weighted by Gasteiger charge is -2.24. The third-order valence-corrected chi connectivity index (χ3v) is 6.74. The largest absolute Gasteiger partial charge is 0.468 e. The molecule has 10 heteroatoms. The summed E-state index contributed by atoms with van der Waals surface area (Å²) in [6.07, 6.45) is 4.09. The van der Waals surface area contributed by atoms with Gasteiger partial charge >= 0.3 is 0 Å². The van der Waals surface area contributed by atoms with Crippen LogP contribution in [0.15, 0.2) is 57.0 Å². The van der Waals surface area contributed by atoms with Gasteiger partial charge in [0, 0.05) is 19.6 Å². The number of hydrogen-bond acceptors (Lipinski definition) is 5. The van der Waals surface area contributed by atoms with E-state index in [1.165, 1.54) is 12.8 Å². The number of likely N-dealkylation sites (tertiary alicyclic amines) is 1. The number of aliphatic imine (C=N–C) groups is 1. The highest BCUT2D eigenvalue weighted by atomic mass is 127. The van der Waals surface area contributed by atoms with E-state index in [9.17, 15) is 8.42 Å². The van der Waals surface area contributed by atoms with Gasteiger partial charge in [0.25, 0.3) is 0 Å². The summed E-state index contributed by atoms with van der Waals surface area (Å²) in [4.78, 5) is 7.41. The van der Waals surface area contributed by atoms with Gasteiger partial charge in [-0.2, -0.15) is 0 Å². The molecule has 1 unspecified atom stereocenters. The van der Waals surface area contributed by atoms with Crippen LogP contribution >= 0.6 is 24.0 Å². The van der Waals surface area contributed by atoms with Crippen LogP contribution in [0.25, 0.3) is 0 Å². The predicted octanol–water partition coefficient (Wildman–Crippen LogP) is 2.88. The molecule has 32 heavy (non-hydrogen) atoms. The van der Waals surface area contributed by atoms with E-state index >= 15 is 0 Å². The number of hydrogen-bond donors (Lipinski definition) is 3. The first-order valence-electron chi connectivity index (χ1n) is 10.9. The fourth-order valence-electron chi connectivity index (χ4n) is 3.61. The van der Waals surface area contributed by atoms with E-state index in [-0.39, 0.29) is 41.5 Å². The molecule has 1 saturated heterocycles. The first kappa shape index (κ1) is 26.6. The molecule has 1 aromatic heterocycles. The van der Waals surface area contributed by atoms with Gasteiger partial charge < -0.3 is 15.1 Å². The third kappa shape index (κ3) is 7.75. The monoisotopic (exact) mass is 575 g/mol. The van der Waals surface area contributed by atoms with Crippen LogP contribution in [0.2, 0.25) is 0 Å². The van der Waals surface area contributed by atoms with Crippen LogP contribution in [-0.2, 0) is 10.0 Å². The highest BCUT2D eigenvalue weighted by Crippen LogP contribution is 2.25. The van der Waals surface area contributed by atoms with Gasteiger partial charge in [-0.3, -0.25) is 9.89 Å². The van der Waals surface area contributed by atoms with Crippen LogP contribution in [0, 0.1) is 6.92 Å². The first-order valence-corrected chi connectivity index (χ1v) is 12.3. The molecule has 1 aromatic carbocycles. The van der Waals surface area contributed by atoms with Crippen molar-refractivity contribution in [3.05, 3.63) is 54.0 Å². The maximum atomic E-state index is 12.4. The second-order valence-electron chi connectivity index (χ2n) is 7.63. The Balaban J connectivity index is 0.00000363. The summed E-state index contributed by atoms with van der Waals surface area (Å²) >= 11 is 0. The molecule has 1 aliphatic rings. The van der Waals surface area contributed by atoms with Crippen molar-refractivity contribution in [3.8, 4) is 0 Å². The zero-order valence-corrected chi connectivity index (χ0v) is 21.9. The van der Waals surface area contributed by atoms with Gasteiger partial charge in [-0.05, 0) is 64.0 Å². The van der Waals surface area contributed by atoms with Crippen LogP contribution in [0.1, 0.15) is 37.1 Å². The maximum absolute atomic E-state index is 12.4. The van der Waals surface area contributed by atoms with Crippen molar-refractivity contribution < 1.29 is 12.8 Å². The lowest BCUT2D eigenvalue weighted by Crippen LogP contribution is -2.42. The summed E-state index contributed by atoms with van der Waals surface area (Å²) in [7, 11) is -3.52. The Kier molecular flexibility index (Phi) is 11.0. The summed E-state index contributed by atoms with van der Waals surface area (Å²) < 4.78 is 33.1. The molecule has 8 nitrogen and oxygen atoms in total. The number of aryl methyl sites for hydroxylation is 1. The molecule has 1 aliphatic heterocycles. The molecule has 178 valence electrons. The number of halogens is 1. The number of sulfonamides is 1. The number of rotatable bonds is 10. The Morgan fingerprint density at radius 3 is 2.47 bits per heavy atom. The highest BCUT2D eigenvalue weighted by Gasteiger charge is 2.25. The van der Waals surface area contributed by atoms with Crippen molar-refractivity contribution in [1.82, 2.24) is 20.3 Å². The Labute approximate surface area is 208 Å². The summed E-state index contributed by atoms with van der Waals surface area (Å²) in [6, 6.07) is 10.8. The molecule has 3 rings (SSSR count). The Bertz CT molecular complexity index is 927. The SMILES string of the molecule is CCNC(=NCC(c1ccco1)N1CCCC1)NCCNS(=O)(=O)c1ccc(C)cc1.I. The van der Waals surface area contributed by atoms with Gasteiger partial charge in [0.2, 0.25) is 10.0 Å². The van der Waals surface area contributed by atoms with E-state index in [4.69, 9.17) is 9.41 Å². The van der Waals surface area contributed by atoms with Crippen molar-refractivity contribution >= 4 is 40.0 Å². The predicted molar refractivity (Wildman–Crippen MR) is 138 cm³/mol. The number of guanidine groups is 1. The minimum atomic E-state index is -3.52. The fraction of sp³-hybridized carbons (Fsp3) is 0.500. The topological polar surface area (TPSA) is 99.0 Å². The van der Waals surface area contributed by atoms with Gasteiger partial charge in [0.15, 0.2) is 5.96 Å². The zero-order valence-electron chi connectivity index (χ0n) is 18.7. The van der Waals surface area contributed by atoms with Crippen LogP contribution in [0.4, 0.5) is 0 Å². The standard InChI is InChI=1S/C22H33N5O3S.HI/c1-3-23-22(24-12-13-26-31(28,29)19-10-8-18(2)9-11-19)25-17-20(21-7-6-16-30-21)27-14-4-5-15-27;/h6-11,16,20,26H,3-5,12-15,17H2,1-2H3,(H2,23,24,25);1H. The van der Waals surface area contributed by atoms with Crippen molar-refractivity contribution in [2.24, 2.45) is 4.99 Å². The lowest BCUT2D eigenvalue weighted by atomic mass is 10.2. The first-order chi connectivity index (χ1) is 15.0. The second-order valence-corrected chi connectivity index (χ2v) is 9.40. The van der Waals surface area contributed by atoms with Crippen LogP contribution in [-0.4, -0.2) is 58.5 Å². The quantitative estimate of drug-likeness (QED) is 0.175. The normalized spacial score (nSPS) is 15.9. The van der Waals surface area contributed by atoms with Gasteiger partial charge in [-0.25, -0.2) is 13.1 Å². The second kappa shape index (κ2) is 13.2. The van der Waals surface area contributed by atoms with Crippen molar-refractivity contribution in [2.75, 3.05) is 39.3 Å². The Morgan fingerprint density at radius 2 is 1.84 bits per heavy atom. The molecule has 0 radical (unpaired) electrons. The Hall–Kier alpha value is -1.63.